The summed E-state index contributed by atoms with van der Waals surface area (Å²) in [5.41, 5.74) is 0.860. The smallest absolute Gasteiger partial charge is 0.244 e. The summed E-state index contributed by atoms with van der Waals surface area (Å²) in [5, 5.41) is 11.7. The molecule has 1 aromatic carbocycles. The van der Waals surface area contributed by atoms with Gasteiger partial charge in [-0.25, -0.2) is 0 Å². The number of carbonyl (C=O) groups excluding carboxylic acids is 2. The Labute approximate surface area is 119 Å². The summed E-state index contributed by atoms with van der Waals surface area (Å²) in [6.45, 7) is 0.0312. The summed E-state index contributed by atoms with van der Waals surface area (Å²) in [5.74, 6) is 0.658. The van der Waals surface area contributed by atoms with Crippen molar-refractivity contribution in [1.82, 2.24) is 4.90 Å². The highest BCUT2D eigenvalue weighted by Crippen LogP contribution is 2.20. The lowest BCUT2D eigenvalue weighted by Crippen LogP contribution is -2.34. The SMILES string of the molecule is N#Cc1ccc(NC(=O)CN2CSCC2=O)cc1Cl. The van der Waals surface area contributed by atoms with Crippen molar-refractivity contribution in [2.75, 3.05) is 23.5 Å². The minimum atomic E-state index is -0.281. The quantitative estimate of drug-likeness (QED) is 0.921. The first-order valence-corrected chi connectivity index (χ1v) is 6.98. The first kappa shape index (κ1) is 13.7. The Morgan fingerprint density at radius 1 is 1.58 bits per heavy atom. The molecule has 98 valence electrons. The van der Waals surface area contributed by atoms with Crippen LogP contribution in [0.25, 0.3) is 0 Å². The van der Waals surface area contributed by atoms with Gasteiger partial charge in [0.25, 0.3) is 0 Å². The van der Waals surface area contributed by atoms with Crippen molar-refractivity contribution in [2.24, 2.45) is 0 Å². The number of rotatable bonds is 3. The van der Waals surface area contributed by atoms with Crippen molar-refractivity contribution in [3.05, 3.63) is 28.8 Å². The minimum absolute atomic E-state index is 0.0296. The summed E-state index contributed by atoms with van der Waals surface area (Å²) < 4.78 is 0. The third-order valence-corrected chi connectivity index (χ3v) is 3.79. The normalized spacial score (nSPS) is 14.3. The van der Waals surface area contributed by atoms with Crippen LogP contribution < -0.4 is 5.32 Å². The number of carbonyl (C=O) groups is 2. The van der Waals surface area contributed by atoms with E-state index in [2.05, 4.69) is 5.32 Å². The van der Waals surface area contributed by atoms with Crippen LogP contribution in [0, 0.1) is 11.3 Å². The fourth-order valence-electron chi connectivity index (χ4n) is 1.60. The molecular weight excluding hydrogens is 286 g/mol. The number of nitrogens with one attached hydrogen (secondary N) is 1. The molecule has 1 fully saturated rings. The molecule has 19 heavy (non-hydrogen) atoms. The standard InChI is InChI=1S/C12H10ClN3O2S/c13-10-3-9(2-1-8(10)4-14)15-11(17)5-16-7-19-6-12(16)18/h1-3H,5-7H2,(H,15,17). The maximum Gasteiger partial charge on any atom is 0.244 e. The van der Waals surface area contributed by atoms with Crippen LogP contribution in [0.1, 0.15) is 5.56 Å². The molecule has 0 unspecified atom stereocenters. The van der Waals surface area contributed by atoms with E-state index in [0.29, 0.717) is 22.9 Å². The van der Waals surface area contributed by atoms with Crippen LogP contribution in [0.15, 0.2) is 18.2 Å². The molecular formula is C12H10ClN3O2S. The first-order valence-electron chi connectivity index (χ1n) is 5.45. The number of halogens is 1. The Morgan fingerprint density at radius 3 is 2.95 bits per heavy atom. The number of nitrogens with zero attached hydrogens (tertiary/aromatic N) is 2. The lowest BCUT2D eigenvalue weighted by molar-refractivity contribution is -0.130. The largest absolute Gasteiger partial charge is 0.324 e. The molecule has 0 aromatic heterocycles. The van der Waals surface area contributed by atoms with Crippen LogP contribution in [0.2, 0.25) is 5.02 Å². The van der Waals surface area contributed by atoms with Gasteiger partial charge in [0.15, 0.2) is 0 Å². The maximum atomic E-state index is 11.8. The molecule has 0 aliphatic carbocycles. The zero-order valence-electron chi connectivity index (χ0n) is 9.85. The first-order chi connectivity index (χ1) is 9.10. The van der Waals surface area contributed by atoms with Crippen LogP contribution in [0.4, 0.5) is 5.69 Å². The Kier molecular flexibility index (Phi) is 4.30. The van der Waals surface area contributed by atoms with Gasteiger partial charge in [-0.3, -0.25) is 9.59 Å². The molecule has 0 atom stereocenters. The number of thioether (sulfide) groups is 1. The number of nitriles is 1. The van der Waals surface area contributed by atoms with Crippen molar-refractivity contribution in [3.63, 3.8) is 0 Å². The van der Waals surface area contributed by atoms with Crippen molar-refractivity contribution in [1.29, 1.82) is 5.26 Å². The Bertz CT molecular complexity index is 571. The second-order valence-corrected chi connectivity index (χ2v) is 5.29. The molecule has 1 N–H and O–H groups in total. The van der Waals surface area contributed by atoms with Crippen LogP contribution in [-0.2, 0) is 9.59 Å². The van der Waals surface area contributed by atoms with Gasteiger partial charge >= 0.3 is 0 Å². The highest BCUT2D eigenvalue weighted by molar-refractivity contribution is 8.00. The van der Waals surface area contributed by atoms with E-state index in [1.807, 2.05) is 6.07 Å². The average Bonchev–Trinajstić information content (AvgIpc) is 2.75. The van der Waals surface area contributed by atoms with Gasteiger partial charge in [-0.05, 0) is 18.2 Å². The van der Waals surface area contributed by atoms with Gasteiger partial charge in [-0.15, -0.1) is 11.8 Å². The molecule has 0 spiro atoms. The van der Waals surface area contributed by atoms with Crippen molar-refractivity contribution in [3.8, 4) is 6.07 Å². The van der Waals surface area contributed by atoms with Gasteiger partial charge in [-0.2, -0.15) is 5.26 Å². The molecule has 1 heterocycles. The number of anilines is 1. The highest BCUT2D eigenvalue weighted by atomic mass is 35.5. The van der Waals surface area contributed by atoms with Gasteiger partial charge in [0, 0.05) is 5.69 Å². The van der Waals surface area contributed by atoms with E-state index in [1.54, 1.807) is 6.07 Å². The zero-order chi connectivity index (χ0) is 13.8. The topological polar surface area (TPSA) is 73.2 Å². The van der Waals surface area contributed by atoms with E-state index >= 15 is 0 Å². The number of benzene rings is 1. The number of hydrogen-bond donors (Lipinski definition) is 1. The Balaban J connectivity index is 1.97. The fraction of sp³-hybridized carbons (Fsp3) is 0.250. The zero-order valence-corrected chi connectivity index (χ0v) is 11.4. The van der Waals surface area contributed by atoms with E-state index in [-0.39, 0.29) is 23.4 Å². The maximum absolute atomic E-state index is 11.8. The molecule has 0 radical (unpaired) electrons. The van der Waals surface area contributed by atoms with Gasteiger partial charge in [0.1, 0.15) is 12.6 Å². The summed E-state index contributed by atoms with van der Waals surface area (Å²) in [6.07, 6.45) is 0. The molecule has 2 rings (SSSR count). The lowest BCUT2D eigenvalue weighted by Gasteiger charge is -2.14. The van der Waals surface area contributed by atoms with Crippen molar-refractivity contribution < 1.29 is 9.59 Å². The van der Waals surface area contributed by atoms with E-state index in [4.69, 9.17) is 16.9 Å². The molecule has 5 nitrogen and oxygen atoms in total. The summed E-state index contributed by atoms with van der Waals surface area (Å²) in [4.78, 5) is 24.6. The van der Waals surface area contributed by atoms with Crippen molar-refractivity contribution >= 4 is 40.9 Å². The average molecular weight is 296 g/mol. The van der Waals surface area contributed by atoms with E-state index in [9.17, 15) is 9.59 Å². The molecule has 1 aliphatic heterocycles. The van der Waals surface area contributed by atoms with E-state index in [0.717, 1.165) is 0 Å². The van der Waals surface area contributed by atoms with E-state index in [1.165, 1.54) is 28.8 Å². The predicted octanol–water partition coefficient (Wildman–Crippen LogP) is 1.68. The molecule has 0 bridgehead atoms. The second kappa shape index (κ2) is 5.95. The predicted molar refractivity (Wildman–Crippen MR) is 73.8 cm³/mol. The fourth-order valence-corrected chi connectivity index (χ4v) is 2.72. The van der Waals surface area contributed by atoms with E-state index < -0.39 is 0 Å². The lowest BCUT2D eigenvalue weighted by atomic mass is 10.2. The van der Waals surface area contributed by atoms with Gasteiger partial charge in [-0.1, -0.05) is 11.6 Å². The third kappa shape index (κ3) is 3.40. The Hall–Kier alpha value is -1.71. The molecule has 7 heteroatoms. The van der Waals surface area contributed by atoms with Gasteiger partial charge in [0.2, 0.25) is 11.8 Å². The van der Waals surface area contributed by atoms with Gasteiger partial charge in [0.05, 0.1) is 22.2 Å². The Morgan fingerprint density at radius 2 is 2.37 bits per heavy atom. The van der Waals surface area contributed by atoms with Crippen LogP contribution in [0.5, 0.6) is 0 Å². The molecule has 1 saturated heterocycles. The molecule has 2 amide bonds. The summed E-state index contributed by atoms with van der Waals surface area (Å²) in [7, 11) is 0. The third-order valence-electron chi connectivity index (χ3n) is 2.53. The van der Waals surface area contributed by atoms with Crippen LogP contribution >= 0.6 is 23.4 Å². The van der Waals surface area contributed by atoms with Crippen LogP contribution in [-0.4, -0.2) is 34.9 Å². The molecule has 1 aromatic rings. The molecule has 0 saturated carbocycles. The monoisotopic (exact) mass is 295 g/mol. The highest BCUT2D eigenvalue weighted by Gasteiger charge is 2.22. The summed E-state index contributed by atoms with van der Waals surface area (Å²) in [6, 6.07) is 6.59. The van der Waals surface area contributed by atoms with Crippen molar-refractivity contribution in [2.45, 2.75) is 0 Å². The number of amides is 2. The molecule has 1 aliphatic rings. The van der Waals surface area contributed by atoms with Crippen LogP contribution in [0.3, 0.4) is 0 Å². The summed E-state index contributed by atoms with van der Waals surface area (Å²) >= 11 is 7.35. The minimum Gasteiger partial charge on any atom is -0.324 e. The second-order valence-electron chi connectivity index (χ2n) is 3.92. The number of hydrogen-bond acceptors (Lipinski definition) is 4. The van der Waals surface area contributed by atoms with Gasteiger partial charge < -0.3 is 10.2 Å².